The van der Waals surface area contributed by atoms with Crippen molar-refractivity contribution in [2.24, 2.45) is 11.8 Å². The van der Waals surface area contributed by atoms with Gasteiger partial charge in [-0.2, -0.15) is 0 Å². The van der Waals surface area contributed by atoms with Gasteiger partial charge in [-0.25, -0.2) is 9.18 Å². The number of hydrogen-bond donors (Lipinski definition) is 0. The van der Waals surface area contributed by atoms with Crippen LogP contribution in [0, 0.1) is 17.7 Å². The quantitative estimate of drug-likeness (QED) is 0.598. The standard InChI is InChI=1S/C21H21FN2O4/c1-12(24-19(25)14-5-2-3-6-15(14)20(24)26)21(27)28-11-13-8-9-17(22)16-7-4-10-23-18(13)16/h4,7-10,12,14-15H,2-3,5-6,11H2,1H3/t12-,14?,15?/m0/s1. The van der Waals surface area contributed by atoms with Crippen molar-refractivity contribution in [2.75, 3.05) is 0 Å². The highest BCUT2D eigenvalue weighted by atomic mass is 19.1. The van der Waals surface area contributed by atoms with Gasteiger partial charge in [0.05, 0.1) is 17.4 Å². The van der Waals surface area contributed by atoms with Crippen LogP contribution in [0.1, 0.15) is 38.2 Å². The zero-order valence-electron chi connectivity index (χ0n) is 15.6. The van der Waals surface area contributed by atoms with Gasteiger partial charge in [-0.15, -0.1) is 0 Å². The van der Waals surface area contributed by atoms with Gasteiger partial charge in [0, 0.05) is 17.1 Å². The summed E-state index contributed by atoms with van der Waals surface area (Å²) in [6.45, 7) is 1.40. The van der Waals surface area contributed by atoms with E-state index in [0.717, 1.165) is 17.7 Å². The summed E-state index contributed by atoms with van der Waals surface area (Å²) in [4.78, 5) is 43.0. The van der Waals surface area contributed by atoms with E-state index in [-0.39, 0.29) is 30.3 Å². The predicted molar refractivity (Wildman–Crippen MR) is 98.3 cm³/mol. The highest BCUT2D eigenvalue weighted by Gasteiger charge is 2.51. The Morgan fingerprint density at radius 2 is 1.89 bits per heavy atom. The zero-order valence-corrected chi connectivity index (χ0v) is 15.6. The monoisotopic (exact) mass is 384 g/mol. The van der Waals surface area contributed by atoms with Gasteiger partial charge < -0.3 is 4.74 Å². The summed E-state index contributed by atoms with van der Waals surface area (Å²) >= 11 is 0. The Morgan fingerprint density at radius 1 is 1.21 bits per heavy atom. The Hall–Kier alpha value is -2.83. The fourth-order valence-electron chi connectivity index (χ4n) is 4.26. The minimum Gasteiger partial charge on any atom is -0.459 e. The van der Waals surface area contributed by atoms with E-state index in [1.807, 2.05) is 0 Å². The highest BCUT2D eigenvalue weighted by Crippen LogP contribution is 2.39. The molecular formula is C21H21FN2O4. The lowest BCUT2D eigenvalue weighted by Gasteiger charge is -2.21. The van der Waals surface area contributed by atoms with Crippen LogP contribution in [-0.4, -0.2) is 33.7 Å². The van der Waals surface area contributed by atoms with Gasteiger partial charge in [0.2, 0.25) is 11.8 Å². The Bertz CT molecular complexity index is 937. The van der Waals surface area contributed by atoms with Crippen LogP contribution < -0.4 is 0 Å². The van der Waals surface area contributed by atoms with Crippen LogP contribution in [0.5, 0.6) is 0 Å². The number of carbonyl (C=O) groups is 3. The molecule has 2 aliphatic rings. The third-order valence-electron chi connectivity index (χ3n) is 5.77. The maximum Gasteiger partial charge on any atom is 0.329 e. The average Bonchev–Trinajstić information content (AvgIpc) is 2.97. The number of pyridine rings is 1. The average molecular weight is 384 g/mol. The fourth-order valence-corrected chi connectivity index (χ4v) is 4.26. The molecule has 0 N–H and O–H groups in total. The van der Waals surface area contributed by atoms with E-state index in [9.17, 15) is 18.8 Å². The fraction of sp³-hybridized carbons (Fsp3) is 0.429. The number of ether oxygens (including phenoxy) is 1. The topological polar surface area (TPSA) is 76.6 Å². The molecule has 4 rings (SSSR count). The minimum atomic E-state index is -0.981. The molecule has 7 heteroatoms. The summed E-state index contributed by atoms with van der Waals surface area (Å²) in [5.74, 6) is -2.21. The maximum atomic E-state index is 13.9. The van der Waals surface area contributed by atoms with Crippen molar-refractivity contribution in [3.63, 3.8) is 0 Å². The predicted octanol–water partition coefficient (Wildman–Crippen LogP) is 2.98. The van der Waals surface area contributed by atoms with Crippen LogP contribution in [0.2, 0.25) is 0 Å². The second-order valence-electron chi connectivity index (χ2n) is 7.43. The number of aromatic nitrogens is 1. The molecule has 0 radical (unpaired) electrons. The molecule has 0 spiro atoms. The van der Waals surface area contributed by atoms with E-state index >= 15 is 0 Å². The number of esters is 1. The van der Waals surface area contributed by atoms with Crippen molar-refractivity contribution in [2.45, 2.75) is 45.3 Å². The van der Waals surface area contributed by atoms with E-state index in [1.54, 1.807) is 18.3 Å². The van der Waals surface area contributed by atoms with E-state index in [2.05, 4.69) is 4.98 Å². The van der Waals surface area contributed by atoms with Gasteiger partial charge in [-0.3, -0.25) is 19.5 Å². The number of fused-ring (bicyclic) bond motifs is 2. The maximum absolute atomic E-state index is 13.9. The largest absolute Gasteiger partial charge is 0.459 e. The molecule has 146 valence electrons. The number of halogens is 1. The molecule has 28 heavy (non-hydrogen) atoms. The normalized spacial score (nSPS) is 23.0. The molecule has 2 fully saturated rings. The lowest BCUT2D eigenvalue weighted by atomic mass is 9.81. The molecule has 1 aliphatic carbocycles. The Labute approximate surface area is 161 Å². The molecule has 1 aromatic heterocycles. The van der Waals surface area contributed by atoms with Crippen molar-refractivity contribution < 1.29 is 23.5 Å². The minimum absolute atomic E-state index is 0.111. The van der Waals surface area contributed by atoms with Crippen LogP contribution in [0.4, 0.5) is 4.39 Å². The molecule has 1 aromatic carbocycles. The molecule has 2 unspecified atom stereocenters. The number of imide groups is 1. The zero-order chi connectivity index (χ0) is 19.8. The Morgan fingerprint density at radius 3 is 2.57 bits per heavy atom. The molecule has 2 aromatic rings. The molecule has 6 nitrogen and oxygen atoms in total. The lowest BCUT2D eigenvalue weighted by Crippen LogP contribution is -2.44. The number of carbonyl (C=O) groups excluding carboxylic acids is 3. The van der Waals surface area contributed by atoms with E-state index in [4.69, 9.17) is 4.74 Å². The van der Waals surface area contributed by atoms with Crippen molar-refractivity contribution >= 4 is 28.7 Å². The van der Waals surface area contributed by atoms with Gasteiger partial charge in [0.15, 0.2) is 0 Å². The summed E-state index contributed by atoms with van der Waals surface area (Å²) in [7, 11) is 0. The first-order chi connectivity index (χ1) is 13.5. The van der Waals surface area contributed by atoms with E-state index in [1.165, 1.54) is 19.1 Å². The molecule has 1 saturated carbocycles. The summed E-state index contributed by atoms with van der Waals surface area (Å²) in [5.41, 5.74) is 0.979. The first kappa shape index (κ1) is 18.5. The molecule has 1 saturated heterocycles. The first-order valence-electron chi connectivity index (χ1n) is 9.54. The second-order valence-corrected chi connectivity index (χ2v) is 7.43. The molecular weight excluding hydrogens is 363 g/mol. The number of nitrogens with zero attached hydrogens (tertiary/aromatic N) is 2. The number of hydrogen-bond acceptors (Lipinski definition) is 5. The van der Waals surface area contributed by atoms with Crippen LogP contribution >= 0.6 is 0 Å². The van der Waals surface area contributed by atoms with Gasteiger partial charge in [-0.1, -0.05) is 18.9 Å². The van der Waals surface area contributed by atoms with E-state index < -0.39 is 17.8 Å². The van der Waals surface area contributed by atoms with Crippen LogP contribution in [0.15, 0.2) is 30.5 Å². The Kier molecular flexibility index (Phi) is 4.83. The number of amides is 2. The van der Waals surface area contributed by atoms with Gasteiger partial charge >= 0.3 is 5.97 Å². The van der Waals surface area contributed by atoms with Crippen molar-refractivity contribution in [1.29, 1.82) is 0 Å². The second kappa shape index (κ2) is 7.30. The molecule has 2 amide bonds. The molecule has 0 bridgehead atoms. The van der Waals surface area contributed by atoms with Gasteiger partial charge in [0.25, 0.3) is 0 Å². The SMILES string of the molecule is C[C@@H](C(=O)OCc1ccc(F)c2cccnc12)N1C(=O)C2CCCCC2C1=O. The van der Waals surface area contributed by atoms with Crippen LogP contribution in [0.3, 0.4) is 0 Å². The summed E-state index contributed by atoms with van der Waals surface area (Å²) in [5, 5.41) is 0.345. The van der Waals surface area contributed by atoms with Crippen LogP contribution in [0.25, 0.3) is 10.9 Å². The first-order valence-corrected chi connectivity index (χ1v) is 9.54. The number of rotatable bonds is 4. The molecule has 3 atom stereocenters. The van der Waals surface area contributed by atoms with Gasteiger partial charge in [-0.05, 0) is 38.0 Å². The Balaban J connectivity index is 1.48. The number of benzene rings is 1. The third kappa shape index (κ3) is 3.04. The van der Waals surface area contributed by atoms with Gasteiger partial charge in [0.1, 0.15) is 18.5 Å². The lowest BCUT2D eigenvalue weighted by molar-refractivity contribution is -0.159. The smallest absolute Gasteiger partial charge is 0.329 e. The highest BCUT2D eigenvalue weighted by molar-refractivity contribution is 6.07. The van der Waals surface area contributed by atoms with E-state index in [0.29, 0.717) is 29.3 Å². The summed E-state index contributed by atoms with van der Waals surface area (Å²) < 4.78 is 19.3. The molecule has 1 aliphatic heterocycles. The third-order valence-corrected chi connectivity index (χ3v) is 5.77. The van der Waals surface area contributed by atoms with Crippen molar-refractivity contribution in [3.05, 3.63) is 41.8 Å². The van der Waals surface area contributed by atoms with Crippen LogP contribution in [-0.2, 0) is 25.7 Å². The summed E-state index contributed by atoms with van der Waals surface area (Å²) in [6, 6.07) is 5.07. The number of likely N-dealkylation sites (tertiary alicyclic amines) is 1. The van der Waals surface area contributed by atoms with Crippen molar-refractivity contribution in [3.8, 4) is 0 Å². The molecule has 2 heterocycles. The summed E-state index contributed by atoms with van der Waals surface area (Å²) in [6.07, 6.45) is 4.79. The van der Waals surface area contributed by atoms with Crippen molar-refractivity contribution in [1.82, 2.24) is 9.88 Å².